The minimum absolute atomic E-state index is 0.215. The molecule has 0 bridgehead atoms. The zero-order valence-electron chi connectivity index (χ0n) is 10.4. The van der Waals surface area contributed by atoms with Crippen molar-refractivity contribution in [2.24, 2.45) is 5.73 Å². The Labute approximate surface area is 114 Å². The van der Waals surface area contributed by atoms with Crippen molar-refractivity contribution in [3.8, 4) is 0 Å². The molecular weight excluding hydrogens is 260 g/mol. The maximum absolute atomic E-state index is 11.2. The number of carbonyl (C=O) groups is 1. The molecule has 0 spiro atoms. The molecule has 3 N–H and O–H groups in total. The summed E-state index contributed by atoms with van der Waals surface area (Å²) in [5.74, 6) is -1.42. The third-order valence-electron chi connectivity index (χ3n) is 2.64. The van der Waals surface area contributed by atoms with E-state index in [4.69, 9.17) is 5.73 Å². The average molecular weight is 272 g/mol. The van der Waals surface area contributed by atoms with Gasteiger partial charge >= 0.3 is 5.82 Å². The highest BCUT2D eigenvalue weighted by Gasteiger charge is 2.20. The normalized spacial score (nSPS) is 10.0. The van der Waals surface area contributed by atoms with Crippen molar-refractivity contribution in [3.63, 3.8) is 0 Å². The van der Waals surface area contributed by atoms with Gasteiger partial charge in [0.1, 0.15) is 5.56 Å². The molecule has 0 radical (unpaired) electrons. The smallest absolute Gasteiger partial charge is 0.376 e. The number of nitrogens with one attached hydrogen (secondary N) is 1. The number of nitrogens with zero attached hydrogens (tertiary/aromatic N) is 2. The van der Waals surface area contributed by atoms with Gasteiger partial charge < -0.3 is 21.2 Å². The van der Waals surface area contributed by atoms with E-state index in [-0.39, 0.29) is 5.56 Å². The van der Waals surface area contributed by atoms with E-state index in [2.05, 4.69) is 10.3 Å². The van der Waals surface area contributed by atoms with Crippen LogP contribution in [0, 0.1) is 10.1 Å². The number of carbonyl (C=O) groups excluding carboxylic acids is 1. The van der Waals surface area contributed by atoms with Crippen molar-refractivity contribution in [1.29, 1.82) is 0 Å². The molecule has 7 heteroatoms. The second-order valence-electron chi connectivity index (χ2n) is 4.06. The lowest BCUT2D eigenvalue weighted by molar-refractivity contribution is -0.389. The third-order valence-corrected chi connectivity index (χ3v) is 2.64. The summed E-state index contributed by atoms with van der Waals surface area (Å²) in [6.45, 7) is 0.512. The Kier molecular flexibility index (Phi) is 3.90. The van der Waals surface area contributed by atoms with Crippen LogP contribution in [-0.4, -0.2) is 15.8 Å². The first-order valence-corrected chi connectivity index (χ1v) is 5.80. The van der Waals surface area contributed by atoms with Gasteiger partial charge in [0, 0.05) is 6.54 Å². The van der Waals surface area contributed by atoms with E-state index < -0.39 is 16.6 Å². The molecule has 1 aromatic heterocycles. The van der Waals surface area contributed by atoms with Crippen LogP contribution in [0.3, 0.4) is 0 Å². The van der Waals surface area contributed by atoms with Gasteiger partial charge in [0.05, 0.1) is 5.69 Å². The molecule has 2 rings (SSSR count). The summed E-state index contributed by atoms with van der Waals surface area (Å²) in [6.07, 6.45) is 1.30. The van der Waals surface area contributed by atoms with E-state index in [9.17, 15) is 14.9 Å². The number of aromatic nitrogens is 1. The number of hydrogen-bond donors (Lipinski definition) is 2. The maximum Gasteiger partial charge on any atom is 0.376 e. The van der Waals surface area contributed by atoms with Crippen molar-refractivity contribution in [2.75, 3.05) is 5.32 Å². The largest absolute Gasteiger partial charge is 0.378 e. The van der Waals surface area contributed by atoms with Gasteiger partial charge in [-0.1, -0.05) is 30.3 Å². The van der Waals surface area contributed by atoms with Crippen molar-refractivity contribution in [2.45, 2.75) is 6.54 Å². The van der Waals surface area contributed by atoms with Crippen LogP contribution >= 0.6 is 0 Å². The Morgan fingerprint density at radius 3 is 2.65 bits per heavy atom. The molecule has 1 heterocycles. The topological polar surface area (TPSA) is 111 Å². The second kappa shape index (κ2) is 5.79. The highest BCUT2D eigenvalue weighted by molar-refractivity contribution is 5.97. The summed E-state index contributed by atoms with van der Waals surface area (Å²) < 4.78 is 0. The number of amides is 1. The molecule has 2 aromatic rings. The first-order valence-electron chi connectivity index (χ1n) is 5.80. The first-order chi connectivity index (χ1) is 9.58. The predicted octanol–water partition coefficient (Wildman–Crippen LogP) is 1.70. The summed E-state index contributed by atoms with van der Waals surface area (Å²) in [6, 6.07) is 10.9. The van der Waals surface area contributed by atoms with Gasteiger partial charge in [-0.3, -0.25) is 4.79 Å². The molecule has 1 amide bonds. The van der Waals surface area contributed by atoms with Crippen molar-refractivity contribution in [1.82, 2.24) is 4.98 Å². The van der Waals surface area contributed by atoms with Crippen LogP contribution in [-0.2, 0) is 6.54 Å². The van der Waals surface area contributed by atoms with Gasteiger partial charge in [0.2, 0.25) is 0 Å². The van der Waals surface area contributed by atoms with Crippen LogP contribution in [0.1, 0.15) is 15.9 Å². The van der Waals surface area contributed by atoms with Crippen LogP contribution in [0.4, 0.5) is 11.5 Å². The Bertz CT molecular complexity index is 643. The monoisotopic (exact) mass is 272 g/mol. The summed E-state index contributed by atoms with van der Waals surface area (Å²) in [4.78, 5) is 24.8. The zero-order valence-corrected chi connectivity index (χ0v) is 10.4. The fourth-order valence-corrected chi connectivity index (χ4v) is 1.68. The Morgan fingerprint density at radius 1 is 1.35 bits per heavy atom. The molecule has 0 aliphatic heterocycles. The van der Waals surface area contributed by atoms with Crippen molar-refractivity contribution >= 4 is 17.4 Å². The SMILES string of the molecule is NC(=O)c1cc(NCc2ccccc2)cnc1[N+](=O)[O-]. The van der Waals surface area contributed by atoms with Gasteiger partial charge in [-0.15, -0.1) is 0 Å². The molecule has 0 aliphatic carbocycles. The quantitative estimate of drug-likeness (QED) is 0.635. The summed E-state index contributed by atoms with van der Waals surface area (Å²) in [7, 11) is 0. The maximum atomic E-state index is 11.2. The van der Waals surface area contributed by atoms with Crippen LogP contribution in [0.5, 0.6) is 0 Å². The van der Waals surface area contributed by atoms with Crippen LogP contribution < -0.4 is 11.1 Å². The molecule has 0 aliphatic rings. The van der Waals surface area contributed by atoms with E-state index in [0.717, 1.165) is 5.56 Å². The molecule has 0 saturated heterocycles. The molecule has 7 nitrogen and oxygen atoms in total. The Hall–Kier alpha value is -2.96. The van der Waals surface area contributed by atoms with Gasteiger partial charge in [-0.05, 0) is 21.5 Å². The van der Waals surface area contributed by atoms with Crippen LogP contribution in [0.2, 0.25) is 0 Å². The minimum atomic E-state index is -0.882. The Morgan fingerprint density at radius 2 is 2.05 bits per heavy atom. The molecule has 1 aromatic carbocycles. The standard InChI is InChI=1S/C13H12N4O3/c14-12(18)11-6-10(8-16-13(11)17(19)20)15-7-9-4-2-1-3-5-9/h1-6,8,15H,7H2,(H2,14,18). The van der Waals surface area contributed by atoms with E-state index in [0.29, 0.717) is 12.2 Å². The summed E-state index contributed by atoms with van der Waals surface area (Å²) in [5, 5.41) is 13.8. The molecule has 0 unspecified atom stereocenters. The van der Waals surface area contributed by atoms with E-state index in [1.54, 1.807) is 0 Å². The van der Waals surface area contributed by atoms with E-state index >= 15 is 0 Å². The number of rotatable bonds is 5. The molecule has 0 atom stereocenters. The molecule has 0 fully saturated rings. The van der Waals surface area contributed by atoms with Crippen molar-refractivity contribution in [3.05, 3.63) is 63.8 Å². The fourth-order valence-electron chi connectivity index (χ4n) is 1.68. The van der Waals surface area contributed by atoms with E-state index in [1.807, 2.05) is 30.3 Å². The van der Waals surface area contributed by atoms with Gasteiger partial charge in [-0.25, -0.2) is 0 Å². The fraction of sp³-hybridized carbons (Fsp3) is 0.0769. The van der Waals surface area contributed by atoms with E-state index in [1.165, 1.54) is 12.3 Å². The Balaban J connectivity index is 2.19. The van der Waals surface area contributed by atoms with Crippen molar-refractivity contribution < 1.29 is 9.72 Å². The predicted molar refractivity (Wildman–Crippen MR) is 73.2 cm³/mol. The second-order valence-corrected chi connectivity index (χ2v) is 4.06. The number of nitrogens with two attached hydrogens (primary N) is 1. The van der Waals surface area contributed by atoms with Gasteiger partial charge in [0.15, 0.2) is 6.20 Å². The number of hydrogen-bond acceptors (Lipinski definition) is 5. The summed E-state index contributed by atoms with van der Waals surface area (Å²) in [5.41, 5.74) is 6.43. The molecular formula is C13H12N4O3. The average Bonchev–Trinajstić information content (AvgIpc) is 2.45. The lowest BCUT2D eigenvalue weighted by Gasteiger charge is -2.06. The minimum Gasteiger partial charge on any atom is -0.378 e. The lowest BCUT2D eigenvalue weighted by atomic mass is 10.2. The number of pyridine rings is 1. The molecule has 20 heavy (non-hydrogen) atoms. The number of primary amides is 1. The number of anilines is 1. The highest BCUT2D eigenvalue weighted by Crippen LogP contribution is 2.19. The number of nitro groups is 1. The summed E-state index contributed by atoms with van der Waals surface area (Å²) >= 11 is 0. The van der Waals surface area contributed by atoms with Gasteiger partial charge in [-0.2, -0.15) is 0 Å². The van der Waals surface area contributed by atoms with Crippen LogP contribution in [0.25, 0.3) is 0 Å². The van der Waals surface area contributed by atoms with Gasteiger partial charge in [0.25, 0.3) is 5.91 Å². The zero-order chi connectivity index (χ0) is 14.5. The highest BCUT2D eigenvalue weighted by atomic mass is 16.6. The molecule has 102 valence electrons. The first kappa shape index (κ1) is 13.5. The third kappa shape index (κ3) is 3.08. The van der Waals surface area contributed by atoms with Crippen LogP contribution in [0.15, 0.2) is 42.6 Å². The molecule has 0 saturated carbocycles. The lowest BCUT2D eigenvalue weighted by Crippen LogP contribution is -2.15. The number of benzene rings is 1.